The van der Waals surface area contributed by atoms with Crippen LogP contribution in [0.4, 0.5) is 0 Å². The Hall–Kier alpha value is -3.78. The molecule has 0 aliphatic heterocycles. The number of ether oxygens (including phenoxy) is 3. The number of carbonyl (C=O) groups excluding carboxylic acids is 2. The molecule has 35 heavy (non-hydrogen) atoms. The normalized spacial score (nSPS) is 10.4. The molecule has 2 N–H and O–H groups in total. The van der Waals surface area contributed by atoms with Crippen molar-refractivity contribution in [2.24, 2.45) is 0 Å². The molecule has 0 fully saturated rings. The van der Waals surface area contributed by atoms with Crippen LogP contribution in [0.25, 0.3) is 0 Å². The monoisotopic (exact) mass is 497 g/mol. The van der Waals surface area contributed by atoms with E-state index < -0.39 is 5.91 Å². The van der Waals surface area contributed by atoms with Gasteiger partial charge in [-0.3, -0.25) is 25.4 Å². The summed E-state index contributed by atoms with van der Waals surface area (Å²) in [5.74, 6) is 0.852. The van der Waals surface area contributed by atoms with Crippen molar-refractivity contribution in [3.63, 3.8) is 0 Å². The number of carbonyl (C=O) groups is 2. The molecule has 0 saturated carbocycles. The highest BCUT2D eigenvalue weighted by molar-refractivity contribution is 6.30. The topological polar surface area (TPSA) is 98.8 Å². The minimum Gasteiger partial charge on any atom is -0.493 e. The number of hydrazine groups is 1. The average Bonchev–Trinajstić information content (AvgIpc) is 2.86. The van der Waals surface area contributed by atoms with E-state index in [1.165, 1.54) is 0 Å². The summed E-state index contributed by atoms with van der Waals surface area (Å²) in [7, 11) is 0. The van der Waals surface area contributed by atoms with Gasteiger partial charge in [0.15, 0.2) is 11.5 Å². The van der Waals surface area contributed by atoms with E-state index in [4.69, 9.17) is 25.8 Å². The van der Waals surface area contributed by atoms with Crippen molar-refractivity contribution in [3.05, 3.63) is 82.6 Å². The van der Waals surface area contributed by atoms with Crippen LogP contribution in [0, 0.1) is 6.92 Å². The highest BCUT2D eigenvalue weighted by atomic mass is 35.5. The molecule has 1 heterocycles. The molecule has 0 atom stereocenters. The van der Waals surface area contributed by atoms with Crippen molar-refractivity contribution in [1.29, 1.82) is 0 Å². The summed E-state index contributed by atoms with van der Waals surface area (Å²) in [4.78, 5) is 28.8. The number of nitrogens with zero attached hydrogens (tertiary/aromatic N) is 1. The molecule has 0 radical (unpaired) electrons. The summed E-state index contributed by atoms with van der Waals surface area (Å²) in [6.07, 6.45) is 2.37. The number of benzene rings is 2. The molecule has 9 heteroatoms. The zero-order valence-electron chi connectivity index (χ0n) is 19.7. The molecular weight excluding hydrogens is 470 g/mol. The summed E-state index contributed by atoms with van der Waals surface area (Å²) in [6.45, 7) is 4.78. The lowest BCUT2D eigenvalue weighted by atomic mass is 10.2. The third-order valence-electron chi connectivity index (χ3n) is 4.87. The Balaban J connectivity index is 1.45. The van der Waals surface area contributed by atoms with E-state index in [0.717, 1.165) is 17.0 Å². The first-order valence-electron chi connectivity index (χ1n) is 11.2. The maximum absolute atomic E-state index is 12.5. The predicted molar refractivity (Wildman–Crippen MR) is 133 cm³/mol. The largest absolute Gasteiger partial charge is 0.493 e. The molecule has 2 aromatic carbocycles. The fourth-order valence-electron chi connectivity index (χ4n) is 3.12. The highest BCUT2D eigenvalue weighted by Crippen LogP contribution is 2.29. The van der Waals surface area contributed by atoms with Gasteiger partial charge in [0.1, 0.15) is 12.4 Å². The molecule has 0 unspecified atom stereocenters. The number of rotatable bonds is 11. The van der Waals surface area contributed by atoms with E-state index in [1.807, 2.05) is 38.1 Å². The van der Waals surface area contributed by atoms with Gasteiger partial charge in [-0.05, 0) is 74.4 Å². The van der Waals surface area contributed by atoms with Crippen LogP contribution in [0.15, 0.2) is 60.8 Å². The minimum absolute atomic E-state index is 0.192. The third-order valence-corrected chi connectivity index (χ3v) is 5.10. The second kappa shape index (κ2) is 13.2. The van der Waals surface area contributed by atoms with E-state index in [1.54, 1.807) is 36.5 Å². The molecule has 184 valence electrons. The summed E-state index contributed by atoms with van der Waals surface area (Å²) < 4.78 is 17.1. The Morgan fingerprint density at radius 3 is 2.51 bits per heavy atom. The quantitative estimate of drug-likeness (QED) is 0.296. The molecule has 3 rings (SSSR count). The Morgan fingerprint density at radius 1 is 0.943 bits per heavy atom. The van der Waals surface area contributed by atoms with Gasteiger partial charge in [0.05, 0.1) is 18.9 Å². The number of halogens is 1. The van der Waals surface area contributed by atoms with E-state index in [9.17, 15) is 9.59 Å². The van der Waals surface area contributed by atoms with Gasteiger partial charge < -0.3 is 14.2 Å². The highest BCUT2D eigenvalue weighted by Gasteiger charge is 2.13. The Kier molecular flexibility index (Phi) is 9.74. The lowest BCUT2D eigenvalue weighted by molar-refractivity contribution is -0.122. The maximum Gasteiger partial charge on any atom is 0.269 e. The van der Waals surface area contributed by atoms with Gasteiger partial charge in [-0.25, -0.2) is 0 Å². The van der Waals surface area contributed by atoms with Crippen LogP contribution in [0.1, 0.15) is 41.4 Å². The van der Waals surface area contributed by atoms with E-state index in [-0.39, 0.29) is 18.9 Å². The number of aromatic nitrogens is 1. The third kappa shape index (κ3) is 8.19. The zero-order valence-corrected chi connectivity index (χ0v) is 20.4. The van der Waals surface area contributed by atoms with Crippen molar-refractivity contribution < 1.29 is 23.8 Å². The number of pyridine rings is 1. The second-order valence-corrected chi connectivity index (χ2v) is 8.00. The van der Waals surface area contributed by atoms with Crippen molar-refractivity contribution in [3.8, 4) is 17.2 Å². The van der Waals surface area contributed by atoms with Crippen LogP contribution in [0.2, 0.25) is 5.02 Å². The number of aryl methyl sites for hydroxylation is 1. The van der Waals surface area contributed by atoms with Gasteiger partial charge >= 0.3 is 0 Å². The molecule has 8 nitrogen and oxygen atoms in total. The summed E-state index contributed by atoms with van der Waals surface area (Å²) in [5, 5.41) is 0.644. The van der Waals surface area contributed by atoms with E-state index >= 15 is 0 Å². The van der Waals surface area contributed by atoms with Crippen LogP contribution < -0.4 is 25.1 Å². The zero-order chi connectivity index (χ0) is 25.0. The Morgan fingerprint density at radius 2 is 1.77 bits per heavy atom. The van der Waals surface area contributed by atoms with Gasteiger partial charge in [0.2, 0.25) is 5.91 Å². The van der Waals surface area contributed by atoms with Crippen LogP contribution in [0.5, 0.6) is 17.2 Å². The smallest absolute Gasteiger partial charge is 0.269 e. The van der Waals surface area contributed by atoms with Crippen LogP contribution in [0.3, 0.4) is 0 Å². The fraction of sp³-hybridized carbons (Fsp3) is 0.269. The first-order valence-corrected chi connectivity index (χ1v) is 11.6. The molecule has 1 aromatic heterocycles. The predicted octanol–water partition coefficient (Wildman–Crippen LogP) is 4.64. The van der Waals surface area contributed by atoms with Gasteiger partial charge in [0, 0.05) is 23.2 Å². The Labute approximate surface area is 209 Å². The molecular formula is C26H28ClN3O5. The fourth-order valence-corrected chi connectivity index (χ4v) is 3.35. The minimum atomic E-state index is -0.469. The number of hydrogen-bond acceptors (Lipinski definition) is 6. The standard InChI is InChI=1S/C26H28ClN3O5/c1-3-33-24-16-19(9-11-23(24)35-17-21-7-4-5-13-28-21)26(32)30-29-25(31)8-6-14-34-22-12-10-20(27)15-18(22)2/h4-5,7,9-13,15-16H,3,6,8,14,17H2,1-2H3,(H,29,31)(H,30,32). The molecule has 0 spiro atoms. The number of hydrogen-bond donors (Lipinski definition) is 2. The molecule has 0 aliphatic carbocycles. The molecule has 0 aliphatic rings. The molecule has 0 saturated heterocycles. The van der Waals surface area contributed by atoms with Gasteiger partial charge in [-0.15, -0.1) is 0 Å². The maximum atomic E-state index is 12.5. The van der Waals surface area contributed by atoms with Crippen LogP contribution >= 0.6 is 11.6 Å². The first kappa shape index (κ1) is 25.8. The SMILES string of the molecule is CCOc1cc(C(=O)NNC(=O)CCCOc2ccc(Cl)cc2C)ccc1OCc1ccccn1. The first-order chi connectivity index (χ1) is 17.0. The van der Waals surface area contributed by atoms with Crippen molar-refractivity contribution in [2.45, 2.75) is 33.3 Å². The lowest BCUT2D eigenvalue weighted by Gasteiger charge is -2.14. The van der Waals surface area contributed by atoms with E-state index in [0.29, 0.717) is 41.7 Å². The molecule has 3 aromatic rings. The van der Waals surface area contributed by atoms with Crippen molar-refractivity contribution in [1.82, 2.24) is 15.8 Å². The lowest BCUT2D eigenvalue weighted by Crippen LogP contribution is -2.41. The van der Waals surface area contributed by atoms with Gasteiger partial charge in [0.25, 0.3) is 5.91 Å². The number of amides is 2. The summed E-state index contributed by atoms with van der Waals surface area (Å²) in [6, 6.07) is 15.8. The van der Waals surface area contributed by atoms with Crippen LogP contribution in [-0.4, -0.2) is 30.0 Å². The second-order valence-electron chi connectivity index (χ2n) is 7.57. The van der Waals surface area contributed by atoms with E-state index in [2.05, 4.69) is 15.8 Å². The van der Waals surface area contributed by atoms with Crippen LogP contribution in [-0.2, 0) is 11.4 Å². The molecule has 2 amide bonds. The number of nitrogens with one attached hydrogen (secondary N) is 2. The molecule has 0 bridgehead atoms. The average molecular weight is 498 g/mol. The van der Waals surface area contributed by atoms with Crippen molar-refractivity contribution in [2.75, 3.05) is 13.2 Å². The van der Waals surface area contributed by atoms with Gasteiger partial charge in [-0.1, -0.05) is 17.7 Å². The van der Waals surface area contributed by atoms with Gasteiger partial charge in [-0.2, -0.15) is 0 Å². The Bertz CT molecular complexity index is 1140. The summed E-state index contributed by atoms with van der Waals surface area (Å²) in [5.41, 5.74) is 6.85. The summed E-state index contributed by atoms with van der Waals surface area (Å²) >= 11 is 5.94. The van der Waals surface area contributed by atoms with Crippen molar-refractivity contribution >= 4 is 23.4 Å².